The van der Waals surface area contributed by atoms with E-state index < -0.39 is 4.92 Å². The molecule has 0 bridgehead atoms. The Kier molecular flexibility index (Phi) is 3.96. The zero-order chi connectivity index (χ0) is 14.2. The zero-order valence-corrected chi connectivity index (χ0v) is 11.7. The van der Waals surface area contributed by atoms with Crippen LogP contribution < -0.4 is 5.32 Å². The number of amides is 1. The molecular formula is C12H12Cl2N2O3. The van der Waals surface area contributed by atoms with E-state index in [0.717, 1.165) is 12.5 Å². The number of carbonyl (C=O) groups excluding carboxylic acids is 1. The molecule has 1 N–H and O–H groups in total. The van der Waals surface area contributed by atoms with Crippen LogP contribution in [-0.2, 0) is 0 Å². The van der Waals surface area contributed by atoms with Crippen LogP contribution in [0.15, 0.2) is 12.1 Å². The van der Waals surface area contributed by atoms with Gasteiger partial charge in [0.2, 0.25) is 0 Å². The lowest BCUT2D eigenvalue weighted by Gasteiger charge is -2.06. The van der Waals surface area contributed by atoms with E-state index in [0.29, 0.717) is 18.4 Å². The number of benzene rings is 1. The molecule has 0 heterocycles. The molecule has 1 aliphatic carbocycles. The molecule has 2 rings (SSSR count). The van der Waals surface area contributed by atoms with E-state index in [1.807, 2.05) is 0 Å². The first-order valence-corrected chi connectivity index (χ1v) is 6.57. The van der Waals surface area contributed by atoms with Crippen molar-refractivity contribution in [3.63, 3.8) is 0 Å². The molecule has 1 aliphatic rings. The summed E-state index contributed by atoms with van der Waals surface area (Å²) < 4.78 is 0. The summed E-state index contributed by atoms with van der Waals surface area (Å²) in [7, 11) is 0. The summed E-state index contributed by atoms with van der Waals surface area (Å²) in [6.45, 7) is 2.69. The van der Waals surface area contributed by atoms with Gasteiger partial charge >= 0.3 is 0 Å². The second-order valence-electron chi connectivity index (χ2n) is 4.73. The molecule has 1 amide bonds. The summed E-state index contributed by atoms with van der Waals surface area (Å²) in [5.74, 6) is 0.755. The summed E-state index contributed by atoms with van der Waals surface area (Å²) in [5.41, 5.74) is -0.214. The fourth-order valence-electron chi connectivity index (χ4n) is 1.85. The van der Waals surface area contributed by atoms with Crippen LogP contribution in [0.3, 0.4) is 0 Å². The van der Waals surface area contributed by atoms with E-state index >= 15 is 0 Å². The molecule has 2 unspecified atom stereocenters. The predicted molar refractivity (Wildman–Crippen MR) is 72.7 cm³/mol. The van der Waals surface area contributed by atoms with Gasteiger partial charge in [-0.15, -0.1) is 0 Å². The van der Waals surface area contributed by atoms with Gasteiger partial charge in [0.05, 0.1) is 9.95 Å². The van der Waals surface area contributed by atoms with E-state index in [2.05, 4.69) is 12.2 Å². The molecule has 1 aromatic carbocycles. The number of nitrogens with one attached hydrogen (secondary N) is 1. The average Bonchev–Trinajstić information content (AvgIpc) is 3.05. The van der Waals surface area contributed by atoms with Gasteiger partial charge in [-0.3, -0.25) is 14.9 Å². The molecule has 0 aromatic heterocycles. The summed E-state index contributed by atoms with van der Waals surface area (Å²) in [6.07, 6.45) is 1.10. The summed E-state index contributed by atoms with van der Waals surface area (Å²) in [4.78, 5) is 22.0. The second kappa shape index (κ2) is 5.35. The fraction of sp³-hybridized carbons (Fsp3) is 0.417. The largest absolute Gasteiger partial charge is 0.352 e. The molecule has 0 spiro atoms. The monoisotopic (exact) mass is 302 g/mol. The quantitative estimate of drug-likeness (QED) is 0.685. The number of halogens is 2. The van der Waals surface area contributed by atoms with Crippen LogP contribution in [0.5, 0.6) is 0 Å². The number of nitrogens with zero attached hydrogens (tertiary/aromatic N) is 1. The maximum atomic E-state index is 11.9. The van der Waals surface area contributed by atoms with Gasteiger partial charge < -0.3 is 5.32 Å². The van der Waals surface area contributed by atoms with Crippen molar-refractivity contribution in [2.24, 2.45) is 11.8 Å². The lowest BCUT2D eigenvalue weighted by Crippen LogP contribution is -2.26. The average molecular weight is 303 g/mol. The van der Waals surface area contributed by atoms with Crippen LogP contribution >= 0.6 is 23.2 Å². The van der Waals surface area contributed by atoms with Crippen LogP contribution in [0.4, 0.5) is 5.69 Å². The van der Waals surface area contributed by atoms with Gasteiger partial charge in [-0.25, -0.2) is 0 Å². The zero-order valence-electron chi connectivity index (χ0n) is 10.2. The van der Waals surface area contributed by atoms with Crippen molar-refractivity contribution >= 4 is 34.8 Å². The molecule has 7 heteroatoms. The van der Waals surface area contributed by atoms with Gasteiger partial charge in [0, 0.05) is 18.2 Å². The third-order valence-electron chi connectivity index (χ3n) is 3.27. The Morgan fingerprint density at radius 1 is 1.53 bits per heavy atom. The second-order valence-corrected chi connectivity index (χ2v) is 5.52. The molecule has 1 fully saturated rings. The normalized spacial score (nSPS) is 21.0. The van der Waals surface area contributed by atoms with Crippen molar-refractivity contribution in [3.8, 4) is 0 Å². The standard InChI is InChI=1S/C12H12Cl2N2O3/c1-6-2-8(6)5-15-12(17)7-3-9(13)11(14)10(4-7)16(18)19/h3-4,6,8H,2,5H2,1H3,(H,15,17). The molecule has 19 heavy (non-hydrogen) atoms. The maximum absolute atomic E-state index is 11.9. The van der Waals surface area contributed by atoms with Gasteiger partial charge in [-0.2, -0.15) is 0 Å². The third-order valence-corrected chi connectivity index (χ3v) is 4.06. The van der Waals surface area contributed by atoms with Crippen LogP contribution in [0, 0.1) is 22.0 Å². The Labute approximate surface area is 120 Å². The van der Waals surface area contributed by atoms with Gasteiger partial charge in [-0.05, 0) is 24.3 Å². The highest BCUT2D eigenvalue weighted by molar-refractivity contribution is 6.43. The van der Waals surface area contributed by atoms with Gasteiger partial charge in [0.15, 0.2) is 0 Å². The van der Waals surface area contributed by atoms with Crippen molar-refractivity contribution in [3.05, 3.63) is 37.9 Å². The van der Waals surface area contributed by atoms with E-state index in [-0.39, 0.29) is 27.2 Å². The molecular weight excluding hydrogens is 291 g/mol. The first kappa shape index (κ1) is 14.1. The van der Waals surface area contributed by atoms with Crippen molar-refractivity contribution < 1.29 is 9.72 Å². The minimum Gasteiger partial charge on any atom is -0.352 e. The van der Waals surface area contributed by atoms with Gasteiger partial charge in [0.1, 0.15) is 5.02 Å². The first-order valence-electron chi connectivity index (χ1n) is 5.81. The van der Waals surface area contributed by atoms with E-state index in [1.54, 1.807) is 0 Å². The Bertz CT molecular complexity index is 548. The van der Waals surface area contributed by atoms with Crippen molar-refractivity contribution in [2.45, 2.75) is 13.3 Å². The Morgan fingerprint density at radius 3 is 2.68 bits per heavy atom. The maximum Gasteiger partial charge on any atom is 0.290 e. The van der Waals surface area contributed by atoms with E-state index in [1.165, 1.54) is 6.07 Å². The van der Waals surface area contributed by atoms with Crippen LogP contribution in [-0.4, -0.2) is 17.4 Å². The minimum absolute atomic E-state index is 0.000747. The van der Waals surface area contributed by atoms with Crippen molar-refractivity contribution in [2.75, 3.05) is 6.54 Å². The molecule has 2 atom stereocenters. The van der Waals surface area contributed by atoms with Gasteiger partial charge in [0.25, 0.3) is 11.6 Å². The molecule has 0 radical (unpaired) electrons. The molecule has 1 aromatic rings. The van der Waals surface area contributed by atoms with E-state index in [4.69, 9.17) is 23.2 Å². The number of hydrogen-bond acceptors (Lipinski definition) is 3. The number of rotatable bonds is 4. The summed E-state index contributed by atoms with van der Waals surface area (Å²) >= 11 is 11.5. The third kappa shape index (κ3) is 3.16. The Hall–Kier alpha value is -1.33. The summed E-state index contributed by atoms with van der Waals surface area (Å²) in [5, 5.41) is 13.4. The van der Waals surface area contributed by atoms with Crippen molar-refractivity contribution in [1.82, 2.24) is 5.32 Å². The molecule has 1 saturated carbocycles. The first-order chi connectivity index (χ1) is 8.90. The van der Waals surface area contributed by atoms with Crippen LogP contribution in [0.25, 0.3) is 0 Å². The summed E-state index contributed by atoms with van der Waals surface area (Å²) in [6, 6.07) is 2.47. The highest BCUT2D eigenvalue weighted by atomic mass is 35.5. The van der Waals surface area contributed by atoms with Crippen LogP contribution in [0.1, 0.15) is 23.7 Å². The fourth-order valence-corrected chi connectivity index (χ4v) is 2.24. The lowest BCUT2D eigenvalue weighted by atomic mass is 10.2. The molecule has 0 saturated heterocycles. The Morgan fingerprint density at radius 2 is 2.16 bits per heavy atom. The lowest BCUT2D eigenvalue weighted by molar-refractivity contribution is -0.384. The van der Waals surface area contributed by atoms with Crippen LogP contribution in [0.2, 0.25) is 10.0 Å². The highest BCUT2D eigenvalue weighted by Crippen LogP contribution is 2.37. The SMILES string of the molecule is CC1CC1CNC(=O)c1cc(Cl)c(Cl)c([N+](=O)[O-])c1. The smallest absolute Gasteiger partial charge is 0.290 e. The molecule has 5 nitrogen and oxygen atoms in total. The predicted octanol–water partition coefficient (Wildman–Crippen LogP) is 3.29. The number of nitro groups is 1. The van der Waals surface area contributed by atoms with Gasteiger partial charge in [-0.1, -0.05) is 30.1 Å². The number of hydrogen-bond donors (Lipinski definition) is 1. The molecule has 0 aliphatic heterocycles. The number of nitro benzene ring substituents is 1. The molecule has 102 valence electrons. The minimum atomic E-state index is -0.659. The highest BCUT2D eigenvalue weighted by Gasteiger charge is 2.32. The van der Waals surface area contributed by atoms with E-state index in [9.17, 15) is 14.9 Å². The Balaban J connectivity index is 2.14. The number of carbonyl (C=O) groups is 1. The topological polar surface area (TPSA) is 72.2 Å². The van der Waals surface area contributed by atoms with Crippen molar-refractivity contribution in [1.29, 1.82) is 0 Å².